The summed E-state index contributed by atoms with van der Waals surface area (Å²) in [6.07, 6.45) is -0.180. The quantitative estimate of drug-likeness (QED) is 0.393. The fourth-order valence-electron chi connectivity index (χ4n) is 2.49. The zero-order valence-electron chi connectivity index (χ0n) is 15.7. The van der Waals surface area contributed by atoms with Crippen molar-refractivity contribution in [3.63, 3.8) is 0 Å². The van der Waals surface area contributed by atoms with Crippen molar-refractivity contribution in [2.75, 3.05) is 6.54 Å². The molecular formula is C21H25NO5. The van der Waals surface area contributed by atoms with Crippen molar-refractivity contribution in [3.05, 3.63) is 64.7 Å². The Balaban J connectivity index is 2.18. The van der Waals surface area contributed by atoms with Gasteiger partial charge in [-0.25, -0.2) is 4.79 Å². The van der Waals surface area contributed by atoms with Crippen LogP contribution in [0.15, 0.2) is 42.5 Å². The van der Waals surface area contributed by atoms with Gasteiger partial charge in [0.15, 0.2) is 6.29 Å². The summed E-state index contributed by atoms with van der Waals surface area (Å²) in [5, 5.41) is 23.2. The third-order valence-electron chi connectivity index (χ3n) is 3.98. The van der Waals surface area contributed by atoms with E-state index < -0.39 is 12.1 Å². The predicted octanol–water partition coefficient (Wildman–Crippen LogP) is 2.63. The number of esters is 1. The van der Waals surface area contributed by atoms with Crippen LogP contribution in [-0.2, 0) is 6.61 Å². The smallest absolute Gasteiger partial charge is 0.344 e. The molecule has 2 rings (SSSR count). The number of aldehydes is 1. The number of aliphatic hydroxyl groups is 2. The van der Waals surface area contributed by atoms with Crippen LogP contribution in [0.2, 0.25) is 0 Å². The lowest BCUT2D eigenvalue weighted by Gasteiger charge is -2.23. The highest BCUT2D eigenvalue weighted by Gasteiger charge is 2.18. The van der Waals surface area contributed by atoms with E-state index in [4.69, 9.17) is 4.74 Å². The number of carbonyl (C=O) groups excluding carboxylic acids is 2. The van der Waals surface area contributed by atoms with Crippen molar-refractivity contribution in [1.82, 2.24) is 5.32 Å². The van der Waals surface area contributed by atoms with E-state index in [1.165, 1.54) is 18.2 Å². The molecule has 2 aromatic rings. The van der Waals surface area contributed by atoms with Gasteiger partial charge in [-0.15, -0.1) is 0 Å². The lowest BCUT2D eigenvalue weighted by molar-refractivity contribution is 0.0728. The molecule has 0 aliphatic heterocycles. The first-order chi connectivity index (χ1) is 12.7. The Morgan fingerprint density at radius 1 is 1.22 bits per heavy atom. The van der Waals surface area contributed by atoms with Gasteiger partial charge in [0, 0.05) is 23.2 Å². The van der Waals surface area contributed by atoms with Gasteiger partial charge in [-0.05, 0) is 44.5 Å². The van der Waals surface area contributed by atoms with Crippen molar-refractivity contribution in [2.45, 2.75) is 39.0 Å². The summed E-state index contributed by atoms with van der Waals surface area (Å²) in [6, 6.07) is 11.1. The third kappa shape index (κ3) is 5.72. The zero-order chi connectivity index (χ0) is 20.0. The first-order valence-electron chi connectivity index (χ1n) is 8.68. The minimum absolute atomic E-state index is 0.137. The number of aliphatic hydroxyl groups excluding tert-OH is 2. The van der Waals surface area contributed by atoms with Crippen LogP contribution in [0.4, 0.5) is 0 Å². The fraction of sp³-hybridized carbons (Fsp3) is 0.333. The molecule has 6 nitrogen and oxygen atoms in total. The molecule has 1 atom stereocenters. The predicted molar refractivity (Wildman–Crippen MR) is 102 cm³/mol. The van der Waals surface area contributed by atoms with E-state index in [2.05, 4.69) is 5.32 Å². The zero-order valence-corrected chi connectivity index (χ0v) is 15.7. The molecule has 0 heterocycles. The Labute approximate surface area is 158 Å². The number of rotatable bonds is 7. The fourth-order valence-corrected chi connectivity index (χ4v) is 2.49. The van der Waals surface area contributed by atoms with Gasteiger partial charge in [0.25, 0.3) is 0 Å². The number of hydrogen-bond donors (Lipinski definition) is 3. The number of benzene rings is 2. The summed E-state index contributed by atoms with van der Waals surface area (Å²) in [4.78, 5) is 23.4. The molecule has 0 aromatic heterocycles. The average molecular weight is 371 g/mol. The minimum Gasteiger partial charge on any atom is -0.423 e. The highest BCUT2D eigenvalue weighted by Crippen LogP contribution is 2.25. The van der Waals surface area contributed by atoms with Crippen LogP contribution in [0.3, 0.4) is 0 Å². The molecule has 0 radical (unpaired) electrons. The van der Waals surface area contributed by atoms with Crippen molar-refractivity contribution < 1.29 is 24.5 Å². The molecular weight excluding hydrogens is 346 g/mol. The SMILES string of the molecule is CC(C)(C)NCC(O)c1ccc(OC(=O)c2ccccc2C=O)c(CO)c1. The van der Waals surface area contributed by atoms with E-state index >= 15 is 0 Å². The molecule has 0 aliphatic rings. The molecule has 3 N–H and O–H groups in total. The van der Waals surface area contributed by atoms with Gasteiger partial charge in [0.05, 0.1) is 18.3 Å². The van der Waals surface area contributed by atoms with E-state index in [0.29, 0.717) is 24.0 Å². The molecule has 0 saturated heterocycles. The summed E-state index contributed by atoms with van der Waals surface area (Å²) >= 11 is 0. The normalized spacial score (nSPS) is 12.5. The summed E-state index contributed by atoms with van der Waals surface area (Å²) < 4.78 is 5.36. The van der Waals surface area contributed by atoms with E-state index in [9.17, 15) is 19.8 Å². The maximum atomic E-state index is 12.4. The molecule has 27 heavy (non-hydrogen) atoms. The second-order valence-corrected chi connectivity index (χ2v) is 7.27. The van der Waals surface area contributed by atoms with Gasteiger partial charge in [-0.1, -0.05) is 24.3 Å². The molecule has 2 aromatic carbocycles. The van der Waals surface area contributed by atoms with Crippen LogP contribution in [0.5, 0.6) is 5.75 Å². The Hall–Kier alpha value is -2.54. The topological polar surface area (TPSA) is 95.9 Å². The Kier molecular flexibility index (Phi) is 6.85. The molecule has 6 heteroatoms. The molecule has 0 aliphatic carbocycles. The van der Waals surface area contributed by atoms with Crippen molar-refractivity contribution in [2.24, 2.45) is 0 Å². The van der Waals surface area contributed by atoms with Crippen LogP contribution in [0.1, 0.15) is 58.7 Å². The maximum absolute atomic E-state index is 12.4. The van der Waals surface area contributed by atoms with Crippen molar-refractivity contribution in [3.8, 4) is 5.75 Å². The molecule has 1 unspecified atom stereocenters. The van der Waals surface area contributed by atoms with Gasteiger partial charge in [-0.2, -0.15) is 0 Å². The molecule has 0 saturated carbocycles. The first-order valence-corrected chi connectivity index (χ1v) is 8.68. The monoisotopic (exact) mass is 371 g/mol. The van der Waals surface area contributed by atoms with Gasteiger partial charge in [0.1, 0.15) is 5.75 Å². The lowest BCUT2D eigenvalue weighted by atomic mass is 10.0. The van der Waals surface area contributed by atoms with E-state index in [1.807, 2.05) is 20.8 Å². The number of carbonyl (C=O) groups is 2. The van der Waals surface area contributed by atoms with Crippen LogP contribution in [0, 0.1) is 0 Å². The molecule has 0 fully saturated rings. The number of ether oxygens (including phenoxy) is 1. The highest BCUT2D eigenvalue weighted by atomic mass is 16.5. The van der Waals surface area contributed by atoms with Crippen LogP contribution >= 0.6 is 0 Å². The Morgan fingerprint density at radius 3 is 2.56 bits per heavy atom. The average Bonchev–Trinajstić information content (AvgIpc) is 2.65. The summed E-state index contributed by atoms with van der Waals surface area (Å²) in [6.45, 7) is 5.99. The number of hydrogen-bond acceptors (Lipinski definition) is 6. The molecule has 0 spiro atoms. The first kappa shape index (κ1) is 20.8. The van der Waals surface area contributed by atoms with Crippen LogP contribution in [-0.4, -0.2) is 34.6 Å². The summed E-state index contributed by atoms with van der Waals surface area (Å²) in [7, 11) is 0. The summed E-state index contributed by atoms with van der Waals surface area (Å²) in [5.74, 6) is -0.502. The standard InChI is InChI=1S/C21H25NO5/c1-21(2,3)22-11-18(25)14-8-9-19(16(10-14)13-24)27-20(26)17-7-5-4-6-15(17)12-23/h4-10,12,18,22,24-25H,11,13H2,1-3H3. The second-order valence-electron chi connectivity index (χ2n) is 7.27. The largest absolute Gasteiger partial charge is 0.423 e. The van der Waals surface area contributed by atoms with E-state index in [-0.39, 0.29) is 29.0 Å². The molecule has 144 valence electrons. The van der Waals surface area contributed by atoms with E-state index in [1.54, 1.807) is 24.3 Å². The second kappa shape index (κ2) is 8.90. The maximum Gasteiger partial charge on any atom is 0.344 e. The van der Waals surface area contributed by atoms with Crippen molar-refractivity contribution in [1.29, 1.82) is 0 Å². The van der Waals surface area contributed by atoms with Gasteiger partial charge in [0.2, 0.25) is 0 Å². The van der Waals surface area contributed by atoms with E-state index in [0.717, 1.165) is 0 Å². The van der Waals surface area contributed by atoms with Crippen molar-refractivity contribution >= 4 is 12.3 Å². The van der Waals surface area contributed by atoms with Crippen LogP contribution < -0.4 is 10.1 Å². The summed E-state index contributed by atoms with van der Waals surface area (Å²) in [5.41, 5.74) is 1.22. The molecule has 0 bridgehead atoms. The minimum atomic E-state index is -0.768. The van der Waals surface area contributed by atoms with Gasteiger partial charge in [-0.3, -0.25) is 4.79 Å². The number of nitrogens with one attached hydrogen (secondary N) is 1. The lowest BCUT2D eigenvalue weighted by Crippen LogP contribution is -2.38. The molecule has 0 amide bonds. The van der Waals surface area contributed by atoms with Crippen LogP contribution in [0.25, 0.3) is 0 Å². The Morgan fingerprint density at radius 2 is 1.93 bits per heavy atom. The van der Waals surface area contributed by atoms with Gasteiger partial charge >= 0.3 is 5.97 Å². The Bertz CT molecular complexity index is 810. The van der Waals surface area contributed by atoms with Gasteiger partial charge < -0.3 is 20.3 Å². The number of β-amino-alcohol motifs (C(OH)–C–C–N with tert-alkyl or cyclic N) is 1. The third-order valence-corrected chi connectivity index (χ3v) is 3.98. The highest BCUT2D eigenvalue weighted by molar-refractivity contribution is 5.99.